The molecule has 0 aliphatic carbocycles. The van der Waals surface area contributed by atoms with Crippen molar-refractivity contribution in [3.8, 4) is 5.69 Å². The first kappa shape index (κ1) is 13.4. The Morgan fingerprint density at radius 1 is 1.00 bits per heavy atom. The number of hydrogen-bond acceptors (Lipinski definition) is 1. The van der Waals surface area contributed by atoms with E-state index in [4.69, 9.17) is 0 Å². The van der Waals surface area contributed by atoms with E-state index in [2.05, 4.69) is 11.2 Å². The molecule has 0 amide bonds. The fourth-order valence-corrected chi connectivity index (χ4v) is 1.50. The van der Waals surface area contributed by atoms with Crippen molar-refractivity contribution in [2.75, 3.05) is 0 Å². The first-order valence-electron chi connectivity index (χ1n) is 4.89. The van der Waals surface area contributed by atoms with Crippen LogP contribution in [0.1, 0.15) is 11.1 Å². The Balaban J connectivity index is 2.63. The monoisotopic (exact) mass is 279 g/mol. The Kier molecular flexibility index (Phi) is 3.03. The molecule has 0 bridgehead atoms. The van der Waals surface area contributed by atoms with Gasteiger partial charge in [0.15, 0.2) is 0 Å². The lowest BCUT2D eigenvalue weighted by Crippen LogP contribution is -2.14. The second-order valence-corrected chi connectivity index (χ2v) is 3.61. The maximum absolute atomic E-state index is 12.8. The number of rotatable bonds is 1. The lowest BCUT2D eigenvalue weighted by molar-refractivity contribution is -0.143. The summed E-state index contributed by atoms with van der Waals surface area (Å²) in [6.07, 6.45) is -7.55. The Bertz CT molecular complexity index is 568. The van der Waals surface area contributed by atoms with Crippen LogP contribution in [0.2, 0.25) is 0 Å². The Morgan fingerprint density at radius 2 is 1.68 bits per heavy atom. The minimum Gasteiger partial charge on any atom is -0.240 e. The van der Waals surface area contributed by atoms with Gasteiger partial charge in [0.25, 0.3) is 0 Å². The molecule has 8 heteroatoms. The average Bonchev–Trinajstić information content (AvgIpc) is 2.79. The third-order valence-electron chi connectivity index (χ3n) is 2.33. The fourth-order valence-electron chi connectivity index (χ4n) is 1.50. The van der Waals surface area contributed by atoms with E-state index in [-0.39, 0.29) is 6.07 Å². The first-order valence-corrected chi connectivity index (χ1v) is 4.89. The van der Waals surface area contributed by atoms with Crippen molar-refractivity contribution in [3.05, 3.63) is 47.8 Å². The standard InChI is InChI=1S/C11H5F6N2/c12-10(13,14)7-2-3-9(19-5-1-4-18-19)8(6-7)11(15,16)17/h2-6H. The van der Waals surface area contributed by atoms with Gasteiger partial charge < -0.3 is 0 Å². The van der Waals surface area contributed by atoms with Gasteiger partial charge in [0.05, 0.1) is 23.0 Å². The minimum atomic E-state index is -4.91. The van der Waals surface area contributed by atoms with Gasteiger partial charge in [-0.2, -0.15) is 31.4 Å². The zero-order valence-electron chi connectivity index (χ0n) is 9.05. The number of nitrogens with zero attached hydrogens (tertiary/aromatic N) is 2. The van der Waals surface area contributed by atoms with E-state index in [1.165, 1.54) is 0 Å². The summed E-state index contributed by atoms with van der Waals surface area (Å²) in [6, 6.07) is 3.78. The van der Waals surface area contributed by atoms with Gasteiger partial charge in [0, 0.05) is 12.3 Å². The highest BCUT2D eigenvalue weighted by Gasteiger charge is 2.38. The molecule has 0 spiro atoms. The Hall–Kier alpha value is -1.99. The van der Waals surface area contributed by atoms with Gasteiger partial charge in [0.1, 0.15) is 0 Å². The minimum absolute atomic E-state index is 0.0665. The summed E-state index contributed by atoms with van der Waals surface area (Å²) >= 11 is 0. The van der Waals surface area contributed by atoms with Crippen LogP contribution >= 0.6 is 0 Å². The third kappa shape index (κ3) is 2.72. The van der Waals surface area contributed by atoms with E-state index in [9.17, 15) is 26.3 Å². The molecule has 0 aliphatic heterocycles. The molecule has 0 saturated carbocycles. The molecular weight excluding hydrogens is 274 g/mol. The number of benzene rings is 1. The van der Waals surface area contributed by atoms with Gasteiger partial charge in [-0.25, -0.2) is 4.68 Å². The molecular formula is C11H5F6N2. The van der Waals surface area contributed by atoms with E-state index in [0.29, 0.717) is 6.07 Å². The van der Waals surface area contributed by atoms with Gasteiger partial charge in [-0.15, -0.1) is 0 Å². The van der Waals surface area contributed by atoms with Crippen LogP contribution in [0.3, 0.4) is 0 Å². The number of hydrogen-bond donors (Lipinski definition) is 0. The highest BCUT2D eigenvalue weighted by molar-refractivity contribution is 5.45. The molecule has 101 valence electrons. The molecule has 0 aliphatic rings. The zero-order valence-corrected chi connectivity index (χ0v) is 9.05. The smallest absolute Gasteiger partial charge is 0.240 e. The molecule has 2 nitrogen and oxygen atoms in total. The second kappa shape index (κ2) is 4.29. The van der Waals surface area contributed by atoms with Crippen LogP contribution < -0.4 is 0 Å². The zero-order chi connectivity index (χ0) is 14.3. The summed E-state index contributed by atoms with van der Waals surface area (Å²) in [5.41, 5.74) is -3.25. The highest BCUT2D eigenvalue weighted by atomic mass is 19.4. The summed E-state index contributed by atoms with van der Waals surface area (Å²) in [5, 5.41) is 3.53. The summed E-state index contributed by atoms with van der Waals surface area (Å²) in [4.78, 5) is 0. The topological polar surface area (TPSA) is 17.8 Å². The summed E-state index contributed by atoms with van der Waals surface area (Å²) in [5.74, 6) is 0. The normalized spacial score (nSPS) is 12.7. The van der Waals surface area contributed by atoms with Crippen LogP contribution in [0.5, 0.6) is 0 Å². The van der Waals surface area contributed by atoms with Crippen molar-refractivity contribution in [1.82, 2.24) is 9.78 Å². The predicted molar refractivity (Wildman–Crippen MR) is 52.4 cm³/mol. The summed E-state index contributed by atoms with van der Waals surface area (Å²) in [6.45, 7) is 0. The van der Waals surface area contributed by atoms with Crippen molar-refractivity contribution < 1.29 is 26.3 Å². The predicted octanol–water partition coefficient (Wildman–Crippen LogP) is 3.71. The SMILES string of the molecule is FC(F)(F)c1ccc(-n2c[c]cn2)c(C(F)(F)F)c1. The van der Waals surface area contributed by atoms with Crippen LogP contribution in [0.4, 0.5) is 26.3 Å². The van der Waals surface area contributed by atoms with E-state index in [1.54, 1.807) is 0 Å². The van der Waals surface area contributed by atoms with Crippen molar-refractivity contribution in [2.24, 2.45) is 0 Å². The molecule has 19 heavy (non-hydrogen) atoms. The molecule has 0 atom stereocenters. The van der Waals surface area contributed by atoms with Crippen molar-refractivity contribution in [3.63, 3.8) is 0 Å². The first-order chi connectivity index (χ1) is 8.69. The van der Waals surface area contributed by atoms with E-state index in [0.717, 1.165) is 23.1 Å². The number of aromatic nitrogens is 2. The number of halogens is 6. The molecule has 0 saturated heterocycles. The molecule has 2 aromatic rings. The maximum Gasteiger partial charge on any atom is 0.418 e. The molecule has 0 N–H and O–H groups in total. The van der Waals surface area contributed by atoms with Crippen LogP contribution in [0.15, 0.2) is 30.6 Å². The summed E-state index contributed by atoms with van der Waals surface area (Å²) in [7, 11) is 0. The molecule has 2 rings (SSSR count). The van der Waals surface area contributed by atoms with Crippen molar-refractivity contribution in [1.29, 1.82) is 0 Å². The largest absolute Gasteiger partial charge is 0.418 e. The lowest BCUT2D eigenvalue weighted by Gasteiger charge is -2.15. The molecule has 0 unspecified atom stereocenters. The van der Waals surface area contributed by atoms with Crippen LogP contribution in [0, 0.1) is 6.07 Å². The van der Waals surface area contributed by atoms with E-state index in [1.807, 2.05) is 0 Å². The van der Waals surface area contributed by atoms with Crippen LogP contribution in [0.25, 0.3) is 5.69 Å². The third-order valence-corrected chi connectivity index (χ3v) is 2.33. The van der Waals surface area contributed by atoms with Gasteiger partial charge in [-0.3, -0.25) is 0 Å². The molecule has 1 radical (unpaired) electrons. The molecule has 1 heterocycles. The molecule has 0 fully saturated rings. The van der Waals surface area contributed by atoms with Crippen molar-refractivity contribution in [2.45, 2.75) is 12.4 Å². The lowest BCUT2D eigenvalue weighted by atomic mass is 10.1. The van der Waals surface area contributed by atoms with E-state index >= 15 is 0 Å². The second-order valence-electron chi connectivity index (χ2n) is 3.61. The number of alkyl halides is 6. The van der Waals surface area contributed by atoms with E-state index < -0.39 is 29.2 Å². The Morgan fingerprint density at radius 3 is 2.16 bits per heavy atom. The molecule has 1 aromatic heterocycles. The van der Waals surface area contributed by atoms with Crippen molar-refractivity contribution >= 4 is 0 Å². The van der Waals surface area contributed by atoms with Crippen LogP contribution in [-0.2, 0) is 12.4 Å². The summed E-state index contributed by atoms with van der Waals surface area (Å²) < 4.78 is 76.5. The van der Waals surface area contributed by atoms with Gasteiger partial charge in [0.2, 0.25) is 0 Å². The quantitative estimate of drug-likeness (QED) is 0.728. The van der Waals surface area contributed by atoms with Gasteiger partial charge in [-0.1, -0.05) is 0 Å². The van der Waals surface area contributed by atoms with Gasteiger partial charge in [-0.05, 0) is 18.2 Å². The fraction of sp³-hybridized carbons (Fsp3) is 0.182. The van der Waals surface area contributed by atoms with Crippen LogP contribution in [-0.4, -0.2) is 9.78 Å². The molecule has 1 aromatic carbocycles. The highest BCUT2D eigenvalue weighted by Crippen LogP contribution is 2.38. The average molecular weight is 279 g/mol. The Labute approximate surface area is 103 Å². The maximum atomic E-state index is 12.8. The van der Waals surface area contributed by atoms with Gasteiger partial charge >= 0.3 is 12.4 Å².